The third kappa shape index (κ3) is 12.5. The molecule has 4 aliphatic rings. The van der Waals surface area contributed by atoms with E-state index in [1.165, 1.54) is 75.6 Å². The molecule has 2 saturated carbocycles. The smallest absolute Gasteiger partial charge is 0.213 e. The van der Waals surface area contributed by atoms with Crippen molar-refractivity contribution in [3.05, 3.63) is 106 Å². The van der Waals surface area contributed by atoms with Crippen LogP contribution in [0.25, 0.3) is 0 Å². The Morgan fingerprint density at radius 3 is 1.28 bits per heavy atom. The summed E-state index contributed by atoms with van der Waals surface area (Å²) in [5.74, 6) is -4.54. The van der Waals surface area contributed by atoms with Gasteiger partial charge in [-0.05, 0) is 126 Å². The molecule has 2 aromatic carbocycles. The van der Waals surface area contributed by atoms with Gasteiger partial charge in [0.2, 0.25) is 11.9 Å². The first-order valence-corrected chi connectivity index (χ1v) is 26.4. The molecule has 4 atom stereocenters. The fourth-order valence-electron chi connectivity index (χ4n) is 9.69. The van der Waals surface area contributed by atoms with Crippen LogP contribution in [-0.4, -0.2) is 86.9 Å². The second kappa shape index (κ2) is 21.8. The van der Waals surface area contributed by atoms with E-state index in [4.69, 9.17) is 23.2 Å². The van der Waals surface area contributed by atoms with Crippen molar-refractivity contribution in [1.29, 1.82) is 0 Å². The van der Waals surface area contributed by atoms with E-state index in [9.17, 15) is 34.4 Å². The lowest BCUT2D eigenvalue weighted by atomic mass is 9.88. The van der Waals surface area contributed by atoms with Gasteiger partial charge in [0.25, 0.3) is 0 Å². The average molecular weight is 968 g/mol. The van der Waals surface area contributed by atoms with Crippen molar-refractivity contribution in [3.63, 3.8) is 0 Å². The van der Waals surface area contributed by atoms with Gasteiger partial charge in [0.1, 0.15) is 21.4 Å². The van der Waals surface area contributed by atoms with E-state index in [-0.39, 0.29) is 33.5 Å². The Labute approximate surface area is 384 Å². The number of rotatable bonds is 12. The highest BCUT2D eigenvalue weighted by Gasteiger charge is 2.34. The van der Waals surface area contributed by atoms with Gasteiger partial charge in [-0.3, -0.25) is 9.80 Å². The SMILES string of the molecule is O=S(=O)(Cc1cccc(F)n1)c1cc(Cl)c(N[C@@H]2CCCC[C@H]2N2CCCCC2)cc1F.O=S(=O)(Cc1cccc(F)n1)c1cc(Cl)c(N[C@H]2CCCC[C@@H]2N2CCCCC2)cc1F. The highest BCUT2D eigenvalue weighted by molar-refractivity contribution is 7.91. The Hall–Kier alpha value is -3.54. The van der Waals surface area contributed by atoms with E-state index in [1.54, 1.807) is 0 Å². The number of hydrogen-bond acceptors (Lipinski definition) is 10. The molecule has 0 radical (unpaired) electrons. The van der Waals surface area contributed by atoms with Crippen LogP contribution in [-0.2, 0) is 31.2 Å². The van der Waals surface area contributed by atoms with Crippen LogP contribution in [0.2, 0.25) is 10.0 Å². The van der Waals surface area contributed by atoms with E-state index in [0.29, 0.717) is 23.5 Å². The number of piperidine rings is 2. The number of pyridine rings is 2. The van der Waals surface area contributed by atoms with E-state index in [1.807, 2.05) is 0 Å². The van der Waals surface area contributed by atoms with Crippen molar-refractivity contribution in [2.45, 2.75) is 135 Å². The summed E-state index contributed by atoms with van der Waals surface area (Å²) in [5.41, 5.74) is 0.824. The molecule has 0 amide bonds. The van der Waals surface area contributed by atoms with Crippen LogP contribution in [0.15, 0.2) is 70.5 Å². The molecule has 64 heavy (non-hydrogen) atoms. The van der Waals surface area contributed by atoms with Gasteiger partial charge >= 0.3 is 0 Å². The first-order valence-electron chi connectivity index (χ1n) is 22.3. The van der Waals surface area contributed by atoms with E-state index in [0.717, 1.165) is 101 Å². The van der Waals surface area contributed by atoms with Crippen LogP contribution in [0.4, 0.5) is 28.9 Å². The summed E-state index contributed by atoms with van der Waals surface area (Å²) in [4.78, 5) is 11.2. The minimum absolute atomic E-state index is 0.00861. The zero-order chi connectivity index (χ0) is 45.4. The van der Waals surface area contributed by atoms with Gasteiger partial charge in [0.05, 0.1) is 44.3 Å². The number of nitrogens with one attached hydrogen (secondary N) is 2. The Morgan fingerprint density at radius 1 is 0.531 bits per heavy atom. The van der Waals surface area contributed by atoms with Crippen molar-refractivity contribution < 1.29 is 34.4 Å². The third-order valence-corrected chi connectivity index (χ3v) is 16.7. The molecule has 4 heterocycles. The quantitative estimate of drug-likeness (QED) is 0.105. The van der Waals surface area contributed by atoms with E-state index in [2.05, 4.69) is 30.4 Å². The predicted octanol–water partition coefficient (Wildman–Crippen LogP) is 10.4. The van der Waals surface area contributed by atoms with Gasteiger partial charge in [-0.15, -0.1) is 0 Å². The second-order valence-electron chi connectivity index (χ2n) is 17.3. The normalized spacial score (nSPS) is 22.6. The summed E-state index contributed by atoms with van der Waals surface area (Å²) >= 11 is 12.8. The summed E-state index contributed by atoms with van der Waals surface area (Å²) in [6.07, 6.45) is 16.0. The molecular formula is C46H56Cl2F4N6O4S2. The summed E-state index contributed by atoms with van der Waals surface area (Å²) in [7, 11) is -8.17. The molecule has 348 valence electrons. The maximum atomic E-state index is 14.9. The van der Waals surface area contributed by atoms with Crippen LogP contribution in [0.5, 0.6) is 0 Å². The summed E-state index contributed by atoms with van der Waals surface area (Å²) in [6, 6.07) is 13.4. The van der Waals surface area contributed by atoms with Crippen molar-refractivity contribution in [3.8, 4) is 0 Å². The van der Waals surface area contributed by atoms with Crippen molar-refractivity contribution >= 4 is 54.3 Å². The second-order valence-corrected chi connectivity index (χ2v) is 22.1. The third-order valence-electron chi connectivity index (χ3n) is 12.8. The number of likely N-dealkylation sites (tertiary alicyclic amines) is 2. The zero-order valence-electron chi connectivity index (χ0n) is 35.7. The Morgan fingerprint density at radius 2 is 0.906 bits per heavy atom. The largest absolute Gasteiger partial charge is 0.379 e. The molecule has 18 heteroatoms. The van der Waals surface area contributed by atoms with Crippen LogP contribution in [0, 0.1) is 23.5 Å². The number of hydrogen-bond donors (Lipinski definition) is 2. The maximum absolute atomic E-state index is 14.9. The molecule has 4 fully saturated rings. The van der Waals surface area contributed by atoms with Gasteiger partial charge in [0, 0.05) is 24.2 Å². The lowest BCUT2D eigenvalue weighted by Crippen LogP contribution is -2.50. The van der Waals surface area contributed by atoms with E-state index < -0.39 is 64.5 Å². The molecular weight excluding hydrogens is 912 g/mol. The minimum Gasteiger partial charge on any atom is -0.379 e. The summed E-state index contributed by atoms with van der Waals surface area (Å²) < 4.78 is 108. The van der Waals surface area contributed by atoms with Crippen LogP contribution >= 0.6 is 23.2 Å². The van der Waals surface area contributed by atoms with Crippen molar-refractivity contribution in [2.24, 2.45) is 0 Å². The average Bonchev–Trinajstić information content (AvgIpc) is 3.27. The molecule has 10 nitrogen and oxygen atoms in total. The fraction of sp³-hybridized carbons (Fsp3) is 0.522. The van der Waals surface area contributed by atoms with Crippen LogP contribution in [0.1, 0.15) is 101 Å². The Bertz CT molecular complexity index is 2290. The highest BCUT2D eigenvalue weighted by atomic mass is 35.5. The molecule has 2 saturated heterocycles. The first kappa shape index (κ1) is 48.4. The number of benzene rings is 2. The number of nitrogens with zero attached hydrogens (tertiary/aromatic N) is 4. The van der Waals surface area contributed by atoms with Crippen molar-refractivity contribution in [1.82, 2.24) is 19.8 Å². The van der Waals surface area contributed by atoms with Crippen molar-refractivity contribution in [2.75, 3.05) is 36.8 Å². The molecule has 2 aromatic heterocycles. The minimum atomic E-state index is -4.09. The van der Waals surface area contributed by atoms with Gasteiger partial charge in [-0.2, -0.15) is 8.78 Å². The molecule has 0 bridgehead atoms. The monoisotopic (exact) mass is 966 g/mol. The first-order chi connectivity index (χ1) is 30.7. The Kier molecular flexibility index (Phi) is 16.5. The lowest BCUT2D eigenvalue weighted by Gasteiger charge is -2.42. The zero-order valence-corrected chi connectivity index (χ0v) is 38.9. The fourth-order valence-corrected chi connectivity index (χ4v) is 13.0. The van der Waals surface area contributed by atoms with Gasteiger partial charge in [-0.25, -0.2) is 35.6 Å². The number of halogens is 6. The number of sulfone groups is 2. The molecule has 2 N–H and O–H groups in total. The number of aromatic nitrogens is 2. The molecule has 0 unspecified atom stereocenters. The van der Waals surface area contributed by atoms with Gasteiger partial charge in [-0.1, -0.05) is 73.9 Å². The predicted molar refractivity (Wildman–Crippen MR) is 243 cm³/mol. The maximum Gasteiger partial charge on any atom is 0.213 e. The Balaban J connectivity index is 0.000000191. The summed E-state index contributed by atoms with van der Waals surface area (Å²) in [6.45, 7) is 4.32. The molecule has 2 aliphatic heterocycles. The van der Waals surface area contributed by atoms with Crippen LogP contribution in [0.3, 0.4) is 0 Å². The summed E-state index contributed by atoms with van der Waals surface area (Å²) in [5, 5.41) is 7.11. The number of anilines is 2. The van der Waals surface area contributed by atoms with E-state index >= 15 is 0 Å². The standard InChI is InChI=1S/2C23H28ClF2N3O2S/c2*24-17-13-22(32(30,31)15-16-7-6-10-23(26)27-16)18(25)14-20(17)28-19-8-2-3-9-21(19)29-11-4-1-5-12-29/h2*6-7,10,13-14,19,21,28H,1-5,8-9,11-12,15H2/t2*19-,21-/m10/s1. The molecule has 4 aromatic rings. The van der Waals surface area contributed by atoms with Crippen LogP contribution < -0.4 is 10.6 Å². The highest BCUT2D eigenvalue weighted by Crippen LogP contribution is 2.36. The topological polar surface area (TPSA) is 125 Å². The molecule has 0 spiro atoms. The van der Waals surface area contributed by atoms with Gasteiger partial charge in [0.15, 0.2) is 19.7 Å². The molecule has 2 aliphatic carbocycles. The lowest BCUT2D eigenvalue weighted by molar-refractivity contribution is 0.121. The van der Waals surface area contributed by atoms with Gasteiger partial charge < -0.3 is 10.6 Å². The molecule has 8 rings (SSSR count).